The number of carbonyl (C=O) groups is 4. The van der Waals surface area contributed by atoms with Crippen LogP contribution >= 0.6 is 0 Å². The lowest BCUT2D eigenvalue weighted by Gasteiger charge is -2.33. The van der Waals surface area contributed by atoms with Gasteiger partial charge in [0.1, 0.15) is 11.7 Å². The van der Waals surface area contributed by atoms with Crippen LogP contribution in [0.15, 0.2) is 18.6 Å². The molecule has 0 aromatic carbocycles. The Morgan fingerprint density at radius 2 is 2.00 bits per heavy atom. The molecular formula is C25H39N9O5. The topological polar surface area (TPSA) is 196 Å². The van der Waals surface area contributed by atoms with Crippen LogP contribution in [0.5, 0.6) is 0 Å². The van der Waals surface area contributed by atoms with Crippen LogP contribution in [0.4, 0.5) is 0 Å². The number of piperidine rings is 1. The van der Waals surface area contributed by atoms with Crippen LogP contribution < -0.4 is 21.7 Å². The van der Waals surface area contributed by atoms with E-state index in [9.17, 15) is 19.2 Å². The minimum absolute atomic E-state index is 0.00726. The summed E-state index contributed by atoms with van der Waals surface area (Å²) in [6, 6.07) is -1.06. The van der Waals surface area contributed by atoms with Gasteiger partial charge < -0.3 is 36.2 Å². The van der Waals surface area contributed by atoms with Crippen molar-refractivity contribution in [1.29, 1.82) is 5.41 Å². The minimum Gasteiger partial charge on any atom is -0.384 e. The number of nitrogens with zero attached hydrogens (tertiary/aromatic N) is 4. The molecular weight excluding hydrogens is 506 g/mol. The lowest BCUT2D eigenvalue weighted by atomic mass is 9.98. The smallest absolute Gasteiger partial charge is 0.271 e. The molecule has 14 heteroatoms. The van der Waals surface area contributed by atoms with Gasteiger partial charge in [-0.2, -0.15) is 0 Å². The fraction of sp³-hybridized carbons (Fsp3) is 0.640. The molecule has 1 saturated heterocycles. The summed E-state index contributed by atoms with van der Waals surface area (Å²) in [4.78, 5) is 62.5. The molecule has 2 heterocycles. The van der Waals surface area contributed by atoms with E-state index in [-0.39, 0.29) is 73.9 Å². The summed E-state index contributed by atoms with van der Waals surface area (Å²) < 4.78 is 4.96. The van der Waals surface area contributed by atoms with Crippen molar-refractivity contribution in [3.63, 3.8) is 0 Å². The molecule has 1 aliphatic carbocycles. The molecule has 214 valence electrons. The van der Waals surface area contributed by atoms with Gasteiger partial charge in [-0.1, -0.05) is 0 Å². The van der Waals surface area contributed by atoms with Crippen molar-refractivity contribution in [2.75, 3.05) is 46.4 Å². The highest BCUT2D eigenvalue weighted by Crippen LogP contribution is 2.27. The Morgan fingerprint density at radius 3 is 2.67 bits per heavy atom. The Morgan fingerprint density at radius 1 is 1.21 bits per heavy atom. The van der Waals surface area contributed by atoms with Crippen molar-refractivity contribution in [2.24, 2.45) is 11.7 Å². The number of rotatable bonds is 14. The number of ether oxygens (including phenoxy) is 1. The second-order valence-electron chi connectivity index (χ2n) is 9.82. The second-order valence-corrected chi connectivity index (χ2v) is 9.82. The summed E-state index contributed by atoms with van der Waals surface area (Å²) >= 11 is 0. The second kappa shape index (κ2) is 15.0. The van der Waals surface area contributed by atoms with Crippen molar-refractivity contribution in [3.8, 4) is 0 Å². The lowest BCUT2D eigenvalue weighted by Crippen LogP contribution is -2.53. The third-order valence-electron chi connectivity index (χ3n) is 6.71. The average molecular weight is 546 g/mol. The first-order valence-corrected chi connectivity index (χ1v) is 13.3. The van der Waals surface area contributed by atoms with Gasteiger partial charge in [0.05, 0.1) is 19.2 Å². The highest BCUT2D eigenvalue weighted by atomic mass is 16.5. The number of likely N-dealkylation sites (tertiary alicyclic amines) is 1. The Kier molecular flexibility index (Phi) is 11.4. The first-order chi connectivity index (χ1) is 18.8. The molecule has 1 aliphatic heterocycles. The molecule has 2 aliphatic rings. The molecule has 6 N–H and O–H groups in total. The van der Waals surface area contributed by atoms with Gasteiger partial charge in [-0.25, -0.2) is 4.98 Å². The van der Waals surface area contributed by atoms with E-state index in [4.69, 9.17) is 15.9 Å². The van der Waals surface area contributed by atoms with Crippen molar-refractivity contribution in [1.82, 2.24) is 35.7 Å². The van der Waals surface area contributed by atoms with Crippen molar-refractivity contribution in [2.45, 2.75) is 50.6 Å². The first-order valence-electron chi connectivity index (χ1n) is 13.3. The molecule has 2 fully saturated rings. The zero-order valence-electron chi connectivity index (χ0n) is 22.4. The van der Waals surface area contributed by atoms with Gasteiger partial charge >= 0.3 is 0 Å². The number of amides is 4. The number of nitrogens with one attached hydrogen (secondary N) is 4. The molecule has 39 heavy (non-hydrogen) atoms. The van der Waals surface area contributed by atoms with Gasteiger partial charge in [0.15, 0.2) is 5.96 Å². The van der Waals surface area contributed by atoms with E-state index < -0.39 is 11.9 Å². The normalized spacial score (nSPS) is 17.6. The summed E-state index contributed by atoms with van der Waals surface area (Å²) in [6.45, 7) is 2.30. The number of carbonyl (C=O) groups excluding carboxylic acids is 4. The predicted molar refractivity (Wildman–Crippen MR) is 141 cm³/mol. The highest BCUT2D eigenvalue weighted by molar-refractivity contribution is 5.93. The molecule has 14 nitrogen and oxygen atoms in total. The summed E-state index contributed by atoms with van der Waals surface area (Å²) in [5.41, 5.74) is 5.78. The van der Waals surface area contributed by atoms with Crippen LogP contribution in [0, 0.1) is 11.3 Å². The fourth-order valence-electron chi connectivity index (χ4n) is 4.48. The van der Waals surface area contributed by atoms with Gasteiger partial charge in [-0.15, -0.1) is 0 Å². The summed E-state index contributed by atoms with van der Waals surface area (Å²) in [5, 5.41) is 16.0. The highest BCUT2D eigenvalue weighted by Gasteiger charge is 2.37. The number of nitrogens with two attached hydrogens (primary N) is 1. The van der Waals surface area contributed by atoms with E-state index in [1.807, 2.05) is 0 Å². The average Bonchev–Trinajstić information content (AvgIpc) is 3.78. The number of hydrogen-bond acceptors (Lipinski definition) is 8. The molecule has 0 spiro atoms. The van der Waals surface area contributed by atoms with Gasteiger partial charge in [0, 0.05) is 64.7 Å². The lowest BCUT2D eigenvalue weighted by molar-refractivity contribution is -0.139. The molecule has 1 aromatic heterocycles. The molecule has 0 unspecified atom stereocenters. The van der Waals surface area contributed by atoms with E-state index in [0.29, 0.717) is 13.1 Å². The van der Waals surface area contributed by atoms with E-state index >= 15 is 0 Å². The monoisotopic (exact) mass is 545 g/mol. The Labute approximate surface area is 227 Å². The number of aromatic nitrogens is 2. The third kappa shape index (κ3) is 9.78. The Balaban J connectivity index is 1.58. The predicted octanol–water partition coefficient (Wildman–Crippen LogP) is -1.17. The fourth-order valence-corrected chi connectivity index (χ4v) is 4.48. The number of guanidine groups is 1. The van der Waals surface area contributed by atoms with Gasteiger partial charge in [0.2, 0.25) is 17.7 Å². The van der Waals surface area contributed by atoms with Crippen LogP contribution in [0.1, 0.15) is 49.0 Å². The first kappa shape index (κ1) is 29.7. The largest absolute Gasteiger partial charge is 0.384 e. The minimum atomic E-state index is -1.05. The van der Waals surface area contributed by atoms with Crippen LogP contribution in [0.2, 0.25) is 0 Å². The summed E-state index contributed by atoms with van der Waals surface area (Å²) in [5.74, 6) is -1.36. The molecule has 1 aromatic rings. The zero-order chi connectivity index (χ0) is 28.2. The summed E-state index contributed by atoms with van der Waals surface area (Å²) in [6.07, 6.45) is 7.49. The van der Waals surface area contributed by atoms with Crippen LogP contribution in [-0.4, -0.2) is 108 Å². The zero-order valence-corrected chi connectivity index (χ0v) is 22.4. The van der Waals surface area contributed by atoms with Crippen LogP contribution in [0.25, 0.3) is 0 Å². The molecule has 0 bridgehead atoms. The Bertz CT molecular complexity index is 1000. The van der Waals surface area contributed by atoms with Crippen LogP contribution in [0.3, 0.4) is 0 Å². The molecule has 4 amide bonds. The van der Waals surface area contributed by atoms with Gasteiger partial charge in [-0.3, -0.25) is 29.6 Å². The molecule has 1 saturated carbocycles. The van der Waals surface area contributed by atoms with Crippen molar-refractivity contribution >= 4 is 29.6 Å². The standard InChI is InChI=1S/C25H39N9O5/c1-39-12-6-21(35)32-19(13-22(36)31-14-17-3-2-10-33(16-17)25(26)27)24(38)34(18-4-5-18)11-9-30-23(37)20-15-28-7-8-29-20/h7-8,15,17-19H,2-6,9-14,16H2,1H3,(H3,26,27)(H,30,37)(H,31,36)(H,32,35)/t17-,19-/m0/s1. The van der Waals surface area contributed by atoms with E-state index in [0.717, 1.165) is 32.2 Å². The molecule has 2 atom stereocenters. The number of hydrogen-bond donors (Lipinski definition) is 5. The quantitative estimate of drug-likeness (QED) is 0.141. The third-order valence-corrected chi connectivity index (χ3v) is 6.71. The van der Waals surface area contributed by atoms with E-state index in [2.05, 4.69) is 25.9 Å². The van der Waals surface area contributed by atoms with E-state index in [1.54, 1.807) is 9.80 Å². The maximum absolute atomic E-state index is 13.6. The van der Waals surface area contributed by atoms with Crippen molar-refractivity contribution in [3.05, 3.63) is 24.3 Å². The van der Waals surface area contributed by atoms with Crippen molar-refractivity contribution < 1.29 is 23.9 Å². The van der Waals surface area contributed by atoms with Crippen LogP contribution in [-0.2, 0) is 19.1 Å². The SMILES string of the molecule is COCCC(=O)N[C@@H](CC(=O)NC[C@@H]1CCCN(C(=N)N)C1)C(=O)N(CCNC(=O)c1cnccn1)C1CC1. The Hall–Kier alpha value is -3.81. The molecule has 0 radical (unpaired) electrons. The van der Waals surface area contributed by atoms with E-state index in [1.165, 1.54) is 25.7 Å². The summed E-state index contributed by atoms with van der Waals surface area (Å²) in [7, 11) is 1.48. The number of methoxy groups -OCH3 is 1. The van der Waals surface area contributed by atoms with Gasteiger partial charge in [0.25, 0.3) is 5.91 Å². The van der Waals surface area contributed by atoms with Gasteiger partial charge in [-0.05, 0) is 31.6 Å². The maximum atomic E-state index is 13.6. The molecule has 3 rings (SSSR count). The maximum Gasteiger partial charge on any atom is 0.271 e.